The van der Waals surface area contributed by atoms with E-state index in [4.69, 9.17) is 5.73 Å². The summed E-state index contributed by atoms with van der Waals surface area (Å²) < 4.78 is 13.5. The van der Waals surface area contributed by atoms with Gasteiger partial charge in [-0.3, -0.25) is 0 Å². The first-order valence-corrected chi connectivity index (χ1v) is 5.97. The van der Waals surface area contributed by atoms with Crippen molar-refractivity contribution in [1.29, 1.82) is 0 Å². The SMILES string of the molecule is CSc1cccc(F)c1CC1(N)CC1. The summed E-state index contributed by atoms with van der Waals surface area (Å²) in [5.41, 5.74) is 6.67. The highest BCUT2D eigenvalue weighted by atomic mass is 32.2. The summed E-state index contributed by atoms with van der Waals surface area (Å²) in [7, 11) is 0. The Morgan fingerprint density at radius 3 is 2.79 bits per heavy atom. The molecule has 0 bridgehead atoms. The summed E-state index contributed by atoms with van der Waals surface area (Å²) in [6, 6.07) is 5.22. The van der Waals surface area contributed by atoms with Gasteiger partial charge in [0.1, 0.15) is 5.82 Å². The molecule has 1 aliphatic carbocycles. The summed E-state index contributed by atoms with van der Waals surface area (Å²) in [5.74, 6) is -0.117. The van der Waals surface area contributed by atoms with Crippen molar-refractivity contribution in [1.82, 2.24) is 0 Å². The molecule has 0 heterocycles. The van der Waals surface area contributed by atoms with Crippen molar-refractivity contribution < 1.29 is 4.39 Å². The van der Waals surface area contributed by atoms with Gasteiger partial charge in [0, 0.05) is 16.0 Å². The molecule has 14 heavy (non-hydrogen) atoms. The number of nitrogens with two attached hydrogens (primary N) is 1. The first-order chi connectivity index (χ1) is 6.64. The van der Waals surface area contributed by atoms with Gasteiger partial charge in [-0.15, -0.1) is 11.8 Å². The van der Waals surface area contributed by atoms with E-state index >= 15 is 0 Å². The predicted octanol–water partition coefficient (Wildman–Crippen LogP) is 2.58. The van der Waals surface area contributed by atoms with Crippen LogP contribution in [0.2, 0.25) is 0 Å². The predicted molar refractivity (Wildman–Crippen MR) is 58.0 cm³/mol. The number of thioether (sulfide) groups is 1. The molecule has 0 aromatic heterocycles. The summed E-state index contributed by atoms with van der Waals surface area (Å²) in [6.07, 6.45) is 4.69. The molecule has 1 aliphatic rings. The topological polar surface area (TPSA) is 26.0 Å². The van der Waals surface area contributed by atoms with Crippen LogP contribution in [-0.4, -0.2) is 11.8 Å². The number of hydrogen-bond acceptors (Lipinski definition) is 2. The van der Waals surface area contributed by atoms with Crippen LogP contribution in [0.15, 0.2) is 23.1 Å². The minimum absolute atomic E-state index is 0.117. The fourth-order valence-corrected chi connectivity index (χ4v) is 2.22. The Hall–Kier alpha value is -0.540. The third-order valence-electron chi connectivity index (χ3n) is 2.72. The number of hydrogen-bond donors (Lipinski definition) is 1. The van der Waals surface area contributed by atoms with Crippen molar-refractivity contribution in [2.24, 2.45) is 5.73 Å². The molecule has 1 aromatic rings. The molecular formula is C11H14FNS. The van der Waals surface area contributed by atoms with Crippen molar-refractivity contribution in [3.05, 3.63) is 29.6 Å². The van der Waals surface area contributed by atoms with Crippen LogP contribution < -0.4 is 5.73 Å². The van der Waals surface area contributed by atoms with E-state index < -0.39 is 0 Å². The standard InChI is InChI=1S/C11H14FNS/c1-14-10-4-2-3-9(12)8(10)7-11(13)5-6-11/h2-4H,5-7,13H2,1H3. The maximum atomic E-state index is 13.5. The molecule has 0 saturated heterocycles. The molecule has 0 spiro atoms. The number of halogens is 1. The molecule has 2 rings (SSSR count). The van der Waals surface area contributed by atoms with Crippen LogP contribution in [0.3, 0.4) is 0 Å². The third kappa shape index (κ3) is 1.93. The average molecular weight is 211 g/mol. The van der Waals surface area contributed by atoms with E-state index in [0.29, 0.717) is 6.42 Å². The molecule has 2 N–H and O–H groups in total. The van der Waals surface area contributed by atoms with Gasteiger partial charge in [-0.05, 0) is 37.7 Å². The Morgan fingerprint density at radius 1 is 1.50 bits per heavy atom. The van der Waals surface area contributed by atoms with Gasteiger partial charge in [-0.1, -0.05) is 6.07 Å². The van der Waals surface area contributed by atoms with Crippen LogP contribution in [0.25, 0.3) is 0 Å². The number of rotatable bonds is 3. The van der Waals surface area contributed by atoms with Crippen LogP contribution in [0.5, 0.6) is 0 Å². The summed E-state index contributed by atoms with van der Waals surface area (Å²) in [6.45, 7) is 0. The highest BCUT2D eigenvalue weighted by molar-refractivity contribution is 7.98. The van der Waals surface area contributed by atoms with Crippen LogP contribution in [0.1, 0.15) is 18.4 Å². The van der Waals surface area contributed by atoms with E-state index in [2.05, 4.69) is 0 Å². The maximum Gasteiger partial charge on any atom is 0.127 e. The van der Waals surface area contributed by atoms with Crippen LogP contribution >= 0.6 is 11.8 Å². The Balaban J connectivity index is 2.29. The average Bonchev–Trinajstić information content (AvgIpc) is 2.88. The van der Waals surface area contributed by atoms with E-state index in [1.165, 1.54) is 6.07 Å². The molecular weight excluding hydrogens is 197 g/mol. The second kappa shape index (κ2) is 3.55. The normalized spacial score (nSPS) is 18.2. The van der Waals surface area contributed by atoms with E-state index in [1.807, 2.05) is 12.3 Å². The molecule has 0 amide bonds. The summed E-state index contributed by atoms with van der Waals surface area (Å²) in [5, 5.41) is 0. The van der Waals surface area contributed by atoms with Crippen molar-refractivity contribution >= 4 is 11.8 Å². The van der Waals surface area contributed by atoms with Gasteiger partial charge < -0.3 is 5.73 Å². The van der Waals surface area contributed by atoms with Crippen molar-refractivity contribution in [3.8, 4) is 0 Å². The lowest BCUT2D eigenvalue weighted by molar-refractivity contribution is 0.574. The van der Waals surface area contributed by atoms with Gasteiger partial charge in [-0.25, -0.2) is 4.39 Å². The Labute approximate surface area is 87.9 Å². The van der Waals surface area contributed by atoms with Crippen molar-refractivity contribution in [3.63, 3.8) is 0 Å². The lowest BCUT2D eigenvalue weighted by atomic mass is 10.0. The Kier molecular flexibility index (Phi) is 2.54. The molecule has 1 nitrogen and oxygen atoms in total. The van der Waals surface area contributed by atoms with Crippen LogP contribution in [0.4, 0.5) is 4.39 Å². The molecule has 0 aliphatic heterocycles. The fourth-order valence-electron chi connectivity index (χ4n) is 1.59. The monoisotopic (exact) mass is 211 g/mol. The van der Waals surface area contributed by atoms with E-state index in [9.17, 15) is 4.39 Å². The van der Waals surface area contributed by atoms with Crippen molar-refractivity contribution in [2.45, 2.75) is 29.7 Å². The molecule has 0 unspecified atom stereocenters. The molecule has 0 atom stereocenters. The molecule has 1 aromatic carbocycles. The Morgan fingerprint density at radius 2 is 2.21 bits per heavy atom. The zero-order valence-corrected chi connectivity index (χ0v) is 9.03. The van der Waals surface area contributed by atoms with Crippen LogP contribution in [0, 0.1) is 5.82 Å². The maximum absolute atomic E-state index is 13.5. The van der Waals surface area contributed by atoms with Gasteiger partial charge in [0.05, 0.1) is 0 Å². The minimum Gasteiger partial charge on any atom is -0.325 e. The van der Waals surface area contributed by atoms with Gasteiger partial charge >= 0.3 is 0 Å². The van der Waals surface area contributed by atoms with Gasteiger partial charge in [0.15, 0.2) is 0 Å². The van der Waals surface area contributed by atoms with E-state index in [-0.39, 0.29) is 11.4 Å². The lowest BCUT2D eigenvalue weighted by Gasteiger charge is -2.12. The summed E-state index contributed by atoms with van der Waals surface area (Å²) in [4.78, 5) is 1.02. The second-order valence-corrected chi connectivity index (χ2v) is 4.81. The van der Waals surface area contributed by atoms with Crippen LogP contribution in [-0.2, 0) is 6.42 Å². The molecule has 0 radical (unpaired) electrons. The molecule has 1 saturated carbocycles. The van der Waals surface area contributed by atoms with Crippen molar-refractivity contribution in [2.75, 3.05) is 6.26 Å². The molecule has 76 valence electrons. The van der Waals surface area contributed by atoms with Gasteiger partial charge in [0.2, 0.25) is 0 Å². The quantitative estimate of drug-likeness (QED) is 0.778. The molecule has 3 heteroatoms. The smallest absolute Gasteiger partial charge is 0.127 e. The van der Waals surface area contributed by atoms with Gasteiger partial charge in [0.25, 0.3) is 0 Å². The van der Waals surface area contributed by atoms with E-state index in [1.54, 1.807) is 17.8 Å². The third-order valence-corrected chi connectivity index (χ3v) is 3.54. The summed E-state index contributed by atoms with van der Waals surface area (Å²) >= 11 is 1.58. The zero-order chi connectivity index (χ0) is 10.2. The first-order valence-electron chi connectivity index (χ1n) is 4.75. The minimum atomic E-state index is -0.118. The number of benzene rings is 1. The Bertz CT molecular complexity index is 347. The highest BCUT2D eigenvalue weighted by Gasteiger charge is 2.39. The molecule has 1 fully saturated rings. The zero-order valence-electron chi connectivity index (χ0n) is 8.22. The van der Waals surface area contributed by atoms with E-state index in [0.717, 1.165) is 23.3 Å². The van der Waals surface area contributed by atoms with Gasteiger partial charge in [-0.2, -0.15) is 0 Å². The largest absolute Gasteiger partial charge is 0.325 e. The first kappa shape index (κ1) is 9.99. The second-order valence-electron chi connectivity index (χ2n) is 3.96. The lowest BCUT2D eigenvalue weighted by Crippen LogP contribution is -2.25. The highest BCUT2D eigenvalue weighted by Crippen LogP contribution is 2.38. The fraction of sp³-hybridized carbons (Fsp3) is 0.455.